The molecule has 2 aliphatic rings. The highest BCUT2D eigenvalue weighted by molar-refractivity contribution is 6.32. The van der Waals surface area contributed by atoms with Crippen LogP contribution >= 0.6 is 11.6 Å². The van der Waals surface area contributed by atoms with Gasteiger partial charge in [-0.1, -0.05) is 41.9 Å². The second-order valence-electron chi connectivity index (χ2n) is 9.16. The number of likely N-dealkylation sites (tertiary alicyclic amines) is 1. The molecule has 0 radical (unpaired) electrons. The monoisotopic (exact) mass is 525 g/mol. The number of ether oxygens (including phenoxy) is 2. The van der Waals surface area contributed by atoms with Crippen LogP contribution in [0, 0.1) is 15.9 Å². The summed E-state index contributed by atoms with van der Waals surface area (Å²) >= 11 is 6.63. The smallest absolute Gasteiger partial charge is 0.256 e. The fourth-order valence-electron chi connectivity index (χ4n) is 5.57. The maximum atomic E-state index is 13.6. The van der Waals surface area contributed by atoms with E-state index in [1.807, 2.05) is 0 Å². The summed E-state index contributed by atoms with van der Waals surface area (Å²) in [6.07, 6.45) is 0. The topological polar surface area (TPSA) is 93.9 Å². The number of nitro groups is 1. The number of carbonyl (C=O) groups is 1. The summed E-state index contributed by atoms with van der Waals surface area (Å²) in [5.41, 5.74) is 0.865. The molecule has 1 spiro atoms. The summed E-state index contributed by atoms with van der Waals surface area (Å²) in [7, 11) is 1.72. The number of carbonyl (C=O) groups excluding carboxylic acids is 1. The van der Waals surface area contributed by atoms with E-state index in [0.717, 1.165) is 0 Å². The molecule has 5 rings (SSSR count). The largest absolute Gasteiger partial charge is 0.490 e. The van der Waals surface area contributed by atoms with Gasteiger partial charge in [0.25, 0.3) is 11.9 Å². The predicted molar refractivity (Wildman–Crippen MR) is 136 cm³/mol. The summed E-state index contributed by atoms with van der Waals surface area (Å²) in [5, 5.41) is 15.6. The van der Waals surface area contributed by atoms with Gasteiger partial charge in [0.15, 0.2) is 17.0 Å². The molecule has 37 heavy (non-hydrogen) atoms. The Morgan fingerprint density at radius 2 is 1.97 bits per heavy atom. The lowest BCUT2D eigenvalue weighted by Gasteiger charge is -2.30. The van der Waals surface area contributed by atoms with E-state index in [1.54, 1.807) is 67.4 Å². The number of hydrogen-bond donors (Lipinski definition) is 1. The minimum Gasteiger partial charge on any atom is -0.490 e. The van der Waals surface area contributed by atoms with Gasteiger partial charge in [0, 0.05) is 22.7 Å². The van der Waals surface area contributed by atoms with Crippen molar-refractivity contribution in [1.29, 1.82) is 0 Å². The molecule has 3 aromatic carbocycles. The van der Waals surface area contributed by atoms with E-state index in [9.17, 15) is 19.3 Å². The van der Waals surface area contributed by atoms with Crippen molar-refractivity contribution in [3.05, 3.63) is 98.3 Å². The summed E-state index contributed by atoms with van der Waals surface area (Å²) in [4.78, 5) is 27.3. The number of fused-ring (bicyclic) bond motifs is 2. The van der Waals surface area contributed by atoms with E-state index in [4.69, 9.17) is 21.1 Å². The molecule has 0 bridgehead atoms. The minimum absolute atomic E-state index is 0.0562. The van der Waals surface area contributed by atoms with Crippen LogP contribution in [0.5, 0.6) is 11.5 Å². The lowest BCUT2D eigenvalue weighted by molar-refractivity contribution is -0.534. The standard InChI is InChI=1S/C27H25ClFN3O5/c1-3-36-23-13-17(12-21(28)24(23)37-15-16-7-6-8-18(29)11-16)19-14-31(2)27(25(19)32(34)35)20-9-4-5-10-22(20)30-26(27)33/h4-13,19,25H,3,14-15H2,1-2H3,(H,30,33)/t19-,25+,27-/m0/s1. The zero-order valence-corrected chi connectivity index (χ0v) is 21.0. The Labute approximate surface area is 218 Å². The number of benzene rings is 3. The molecular weight excluding hydrogens is 501 g/mol. The molecule has 8 nitrogen and oxygen atoms in total. The van der Waals surface area contributed by atoms with Gasteiger partial charge in [-0.05, 0) is 55.4 Å². The number of halogens is 2. The van der Waals surface area contributed by atoms with E-state index in [-0.39, 0.29) is 34.7 Å². The number of para-hydroxylation sites is 1. The highest BCUT2D eigenvalue weighted by Crippen LogP contribution is 2.53. The molecule has 2 heterocycles. The third-order valence-electron chi connectivity index (χ3n) is 7.07. The fourth-order valence-corrected chi connectivity index (χ4v) is 5.84. The second-order valence-corrected chi connectivity index (χ2v) is 9.57. The van der Waals surface area contributed by atoms with Gasteiger partial charge < -0.3 is 14.8 Å². The Morgan fingerprint density at radius 1 is 1.19 bits per heavy atom. The first kappa shape index (κ1) is 25.0. The molecule has 1 fully saturated rings. The van der Waals surface area contributed by atoms with E-state index in [2.05, 4.69) is 5.32 Å². The van der Waals surface area contributed by atoms with Crippen molar-refractivity contribution < 1.29 is 23.6 Å². The number of rotatable bonds is 7. The number of nitrogens with one attached hydrogen (secondary N) is 1. The van der Waals surface area contributed by atoms with Gasteiger partial charge in [0.2, 0.25) is 0 Å². The Kier molecular flexibility index (Phi) is 6.51. The van der Waals surface area contributed by atoms with Crippen LogP contribution in [-0.2, 0) is 16.9 Å². The van der Waals surface area contributed by atoms with Crippen LogP contribution in [0.15, 0.2) is 60.7 Å². The predicted octanol–water partition coefficient (Wildman–Crippen LogP) is 4.98. The molecule has 0 unspecified atom stereocenters. The van der Waals surface area contributed by atoms with E-state index < -0.39 is 23.4 Å². The zero-order valence-electron chi connectivity index (χ0n) is 20.2. The van der Waals surface area contributed by atoms with Gasteiger partial charge in [-0.25, -0.2) is 4.39 Å². The third-order valence-corrected chi connectivity index (χ3v) is 7.35. The van der Waals surface area contributed by atoms with Crippen LogP contribution in [0.2, 0.25) is 5.02 Å². The number of likely N-dealkylation sites (N-methyl/N-ethyl adjacent to an activating group) is 1. The van der Waals surface area contributed by atoms with Crippen molar-refractivity contribution in [1.82, 2.24) is 4.90 Å². The molecule has 2 aliphatic heterocycles. The molecule has 0 saturated carbocycles. The minimum atomic E-state index is -1.46. The maximum Gasteiger partial charge on any atom is 0.256 e. The third kappa shape index (κ3) is 4.08. The first-order valence-electron chi connectivity index (χ1n) is 11.9. The SMILES string of the molecule is CCOc1cc([C@@H]2CN(C)[C@]3(C(=O)Nc4ccccc43)[C@@H]2[N+](=O)[O-])cc(Cl)c1OCc1cccc(F)c1. The van der Waals surface area contributed by atoms with Crippen LogP contribution in [-0.4, -0.2) is 42.0 Å². The highest BCUT2D eigenvalue weighted by Gasteiger charge is 2.68. The van der Waals surface area contributed by atoms with E-state index in [0.29, 0.717) is 34.7 Å². The van der Waals surface area contributed by atoms with Crippen LogP contribution in [0.3, 0.4) is 0 Å². The van der Waals surface area contributed by atoms with Crippen molar-refractivity contribution >= 4 is 23.2 Å². The molecule has 10 heteroatoms. The molecule has 0 aliphatic carbocycles. The van der Waals surface area contributed by atoms with Gasteiger partial charge in [-0.2, -0.15) is 0 Å². The molecule has 1 N–H and O–H groups in total. The van der Waals surface area contributed by atoms with Gasteiger partial charge in [0.05, 0.1) is 17.5 Å². The van der Waals surface area contributed by atoms with Crippen molar-refractivity contribution in [3.8, 4) is 11.5 Å². The highest BCUT2D eigenvalue weighted by atomic mass is 35.5. The number of hydrogen-bond acceptors (Lipinski definition) is 6. The molecule has 3 atom stereocenters. The molecule has 1 amide bonds. The van der Waals surface area contributed by atoms with Crippen molar-refractivity contribution in [2.75, 3.05) is 25.5 Å². The Hall–Kier alpha value is -3.69. The normalized spacial score (nSPS) is 22.6. The second kappa shape index (κ2) is 9.64. The van der Waals surface area contributed by atoms with Gasteiger partial charge in [0.1, 0.15) is 12.4 Å². The summed E-state index contributed by atoms with van der Waals surface area (Å²) in [5.74, 6) is -0.879. The Morgan fingerprint density at radius 3 is 2.70 bits per heavy atom. The van der Waals surface area contributed by atoms with Gasteiger partial charge in [-0.3, -0.25) is 19.8 Å². The van der Waals surface area contributed by atoms with Gasteiger partial charge >= 0.3 is 0 Å². The van der Waals surface area contributed by atoms with Crippen molar-refractivity contribution in [2.45, 2.75) is 31.0 Å². The quantitative estimate of drug-likeness (QED) is 0.345. The summed E-state index contributed by atoms with van der Waals surface area (Å²) < 4.78 is 25.3. The van der Waals surface area contributed by atoms with Gasteiger partial charge in [-0.15, -0.1) is 0 Å². The van der Waals surface area contributed by atoms with Crippen LogP contribution in [0.1, 0.15) is 29.5 Å². The number of nitrogens with zero attached hydrogens (tertiary/aromatic N) is 2. The van der Waals surface area contributed by atoms with Crippen LogP contribution < -0.4 is 14.8 Å². The average Bonchev–Trinajstić information content (AvgIpc) is 3.33. The first-order chi connectivity index (χ1) is 17.8. The van der Waals surface area contributed by atoms with Crippen LogP contribution in [0.25, 0.3) is 0 Å². The molecule has 1 saturated heterocycles. The zero-order chi connectivity index (χ0) is 26.3. The average molecular weight is 526 g/mol. The first-order valence-corrected chi connectivity index (χ1v) is 12.2. The number of amides is 1. The molecular formula is C27H25ClFN3O5. The maximum absolute atomic E-state index is 13.6. The van der Waals surface area contributed by atoms with E-state index >= 15 is 0 Å². The fraction of sp³-hybridized carbons (Fsp3) is 0.296. The van der Waals surface area contributed by atoms with Crippen LogP contribution in [0.4, 0.5) is 10.1 Å². The Bertz CT molecular complexity index is 1390. The van der Waals surface area contributed by atoms with Crippen molar-refractivity contribution in [2.24, 2.45) is 0 Å². The molecule has 3 aromatic rings. The lowest BCUT2D eigenvalue weighted by Crippen LogP contribution is -2.54. The summed E-state index contributed by atoms with van der Waals surface area (Å²) in [6, 6.07) is 15.1. The summed E-state index contributed by atoms with van der Waals surface area (Å²) in [6.45, 7) is 2.41. The Balaban J connectivity index is 1.54. The molecule has 0 aromatic heterocycles. The van der Waals surface area contributed by atoms with Crippen molar-refractivity contribution in [3.63, 3.8) is 0 Å². The lowest BCUT2D eigenvalue weighted by atomic mass is 9.79. The number of anilines is 1. The molecule has 192 valence electrons. The van der Waals surface area contributed by atoms with E-state index in [1.165, 1.54) is 12.1 Å².